The van der Waals surface area contributed by atoms with Crippen molar-refractivity contribution in [2.24, 2.45) is 5.92 Å². The first-order valence-corrected chi connectivity index (χ1v) is 11.2. The third-order valence-electron chi connectivity index (χ3n) is 5.84. The van der Waals surface area contributed by atoms with Gasteiger partial charge in [0.25, 0.3) is 0 Å². The van der Waals surface area contributed by atoms with E-state index in [1.165, 1.54) is 11.8 Å². The predicted octanol–water partition coefficient (Wildman–Crippen LogP) is 5.59. The normalized spacial score (nSPS) is 18.9. The number of thiophene rings is 1. The summed E-state index contributed by atoms with van der Waals surface area (Å²) in [5.74, 6) is 1.09. The first-order valence-electron chi connectivity index (χ1n) is 10.4. The van der Waals surface area contributed by atoms with Crippen LogP contribution in [0.3, 0.4) is 0 Å². The van der Waals surface area contributed by atoms with Crippen molar-refractivity contribution < 1.29 is 4.79 Å². The van der Waals surface area contributed by atoms with Gasteiger partial charge >= 0.3 is 0 Å². The fraction of sp³-hybridized carbons (Fsp3) is 0.391. The number of H-pyrrole nitrogens is 1. The van der Waals surface area contributed by atoms with E-state index in [4.69, 9.17) is 10.7 Å². The zero-order chi connectivity index (χ0) is 21.3. The maximum atomic E-state index is 12.5. The van der Waals surface area contributed by atoms with Gasteiger partial charge in [-0.3, -0.25) is 19.9 Å². The highest BCUT2D eigenvalue weighted by molar-refractivity contribution is 7.18. The van der Waals surface area contributed by atoms with Crippen LogP contribution in [0.25, 0.3) is 21.3 Å². The molecule has 3 aromatic heterocycles. The molecule has 0 amide bonds. The Labute approximate surface area is 180 Å². The summed E-state index contributed by atoms with van der Waals surface area (Å²) in [5.41, 5.74) is 10.2. The zero-order valence-electron chi connectivity index (χ0n) is 17.6. The molecule has 1 aliphatic rings. The van der Waals surface area contributed by atoms with Crippen molar-refractivity contribution >= 4 is 33.2 Å². The van der Waals surface area contributed by atoms with Crippen molar-refractivity contribution in [1.82, 2.24) is 20.2 Å². The molecule has 1 saturated carbocycles. The first kappa shape index (κ1) is 20.5. The molecule has 4 rings (SSSR count). The van der Waals surface area contributed by atoms with Crippen LogP contribution in [0.1, 0.15) is 66.4 Å². The smallest absolute Gasteiger partial charge is 0.165 e. The molecule has 0 unspecified atom stereocenters. The second-order valence-corrected chi connectivity index (χ2v) is 9.52. The highest BCUT2D eigenvalue weighted by atomic mass is 32.1. The van der Waals surface area contributed by atoms with Crippen LogP contribution >= 0.6 is 11.3 Å². The molecular weight excluding hydrogens is 394 g/mol. The number of rotatable bonds is 3. The summed E-state index contributed by atoms with van der Waals surface area (Å²) in [7, 11) is 0. The van der Waals surface area contributed by atoms with E-state index >= 15 is 0 Å². The van der Waals surface area contributed by atoms with E-state index in [1.807, 2.05) is 6.20 Å². The zero-order valence-corrected chi connectivity index (χ0v) is 18.4. The lowest BCUT2D eigenvalue weighted by Gasteiger charge is -2.26. The molecule has 0 spiro atoms. The maximum Gasteiger partial charge on any atom is 0.165 e. The second kappa shape index (κ2) is 8.52. The Bertz CT molecular complexity index is 1140. The van der Waals surface area contributed by atoms with Crippen LogP contribution in [-0.2, 0) is 0 Å². The molecule has 0 aliphatic heterocycles. The number of pyridine rings is 1. The molecule has 6 nitrogen and oxygen atoms in total. The van der Waals surface area contributed by atoms with Gasteiger partial charge in [-0.05, 0) is 44.7 Å². The maximum absolute atomic E-state index is 12.5. The summed E-state index contributed by atoms with van der Waals surface area (Å²) in [4.78, 5) is 23.1. The van der Waals surface area contributed by atoms with Crippen LogP contribution in [-0.4, -0.2) is 25.9 Å². The minimum absolute atomic E-state index is 0.0958. The van der Waals surface area contributed by atoms with E-state index in [2.05, 4.69) is 41.2 Å². The predicted molar refractivity (Wildman–Crippen MR) is 122 cm³/mol. The largest absolute Gasteiger partial charge is 0.383 e. The molecule has 156 valence electrons. The summed E-state index contributed by atoms with van der Waals surface area (Å²) >= 11 is 1.71. The number of aromatic nitrogens is 4. The van der Waals surface area contributed by atoms with Crippen molar-refractivity contribution in [2.75, 3.05) is 5.73 Å². The fourth-order valence-electron chi connectivity index (χ4n) is 4.16. The Morgan fingerprint density at radius 3 is 2.57 bits per heavy atom. The number of nitrogens with two attached hydrogens (primary N) is 1. The molecule has 1 fully saturated rings. The van der Waals surface area contributed by atoms with Gasteiger partial charge in [0.05, 0.1) is 27.7 Å². The monoisotopic (exact) mass is 421 g/mol. The van der Waals surface area contributed by atoms with Crippen molar-refractivity contribution in [1.29, 1.82) is 0 Å². The van der Waals surface area contributed by atoms with Gasteiger partial charge in [-0.2, -0.15) is 5.10 Å². The third kappa shape index (κ3) is 4.21. The van der Waals surface area contributed by atoms with Crippen molar-refractivity contribution in [2.45, 2.75) is 52.4 Å². The standard InChI is InChI=1S/C23H27N5OS/c1-13-4-6-16(7-5-13)22-21(15(3)29)23(24)28-27-12-18(11-26-22)17-9-20-19(25-10-17)8-14(2)30-20/h8-13,16,28H,4-7,24H2,1-3H3. The van der Waals surface area contributed by atoms with Gasteiger partial charge in [-0.15, -0.1) is 11.3 Å². The van der Waals surface area contributed by atoms with E-state index < -0.39 is 0 Å². The molecule has 0 saturated heterocycles. The van der Waals surface area contributed by atoms with E-state index in [9.17, 15) is 4.79 Å². The molecule has 3 aromatic rings. The second-order valence-electron chi connectivity index (χ2n) is 8.23. The van der Waals surface area contributed by atoms with Gasteiger partial charge in [0.2, 0.25) is 0 Å². The average Bonchev–Trinajstić information content (AvgIpc) is 3.11. The summed E-state index contributed by atoms with van der Waals surface area (Å²) in [6.45, 7) is 5.89. The molecule has 0 bridgehead atoms. The molecule has 3 N–H and O–H groups in total. The van der Waals surface area contributed by atoms with Crippen LogP contribution in [0.2, 0.25) is 0 Å². The van der Waals surface area contributed by atoms with E-state index in [1.54, 1.807) is 23.7 Å². The Balaban J connectivity index is 1.86. The lowest BCUT2D eigenvalue weighted by molar-refractivity contribution is 0.101. The Morgan fingerprint density at radius 2 is 1.83 bits per heavy atom. The Kier molecular flexibility index (Phi) is 5.81. The number of hydrogen-bond donors (Lipinski definition) is 2. The lowest BCUT2D eigenvalue weighted by Crippen LogP contribution is -2.16. The van der Waals surface area contributed by atoms with Gasteiger partial charge in [-0.1, -0.05) is 19.8 Å². The quantitative estimate of drug-likeness (QED) is 0.537. The summed E-state index contributed by atoms with van der Waals surface area (Å²) in [6, 6.07) is 4.19. The van der Waals surface area contributed by atoms with Crippen molar-refractivity contribution in [3.05, 3.63) is 46.9 Å². The topological polar surface area (TPSA) is 97.5 Å². The molecule has 30 heavy (non-hydrogen) atoms. The number of carbonyl (C=O) groups excluding carboxylic acids is 1. The van der Waals surface area contributed by atoms with Crippen LogP contribution in [0.5, 0.6) is 0 Å². The van der Waals surface area contributed by atoms with Crippen LogP contribution < -0.4 is 5.73 Å². The molecule has 0 radical (unpaired) electrons. The third-order valence-corrected chi connectivity index (χ3v) is 6.82. The first-order chi connectivity index (χ1) is 14.4. The van der Waals surface area contributed by atoms with Gasteiger partial charge in [0.1, 0.15) is 5.82 Å². The number of nitrogen functional groups attached to an aromatic ring is 1. The molecular formula is C23H27N5OS. The van der Waals surface area contributed by atoms with E-state index in [0.717, 1.165) is 52.7 Å². The van der Waals surface area contributed by atoms with E-state index in [0.29, 0.717) is 11.5 Å². The van der Waals surface area contributed by atoms with E-state index in [-0.39, 0.29) is 17.5 Å². The Morgan fingerprint density at radius 1 is 1.10 bits per heavy atom. The number of aryl methyl sites for hydroxylation is 1. The van der Waals surface area contributed by atoms with Gasteiger partial charge < -0.3 is 5.73 Å². The molecule has 0 atom stereocenters. The number of carbonyl (C=O) groups is 1. The van der Waals surface area contributed by atoms with Gasteiger partial charge in [0.15, 0.2) is 5.78 Å². The highest BCUT2D eigenvalue weighted by Gasteiger charge is 2.25. The summed E-state index contributed by atoms with van der Waals surface area (Å²) in [6.07, 6.45) is 9.60. The lowest BCUT2D eigenvalue weighted by atomic mass is 9.80. The number of anilines is 1. The van der Waals surface area contributed by atoms with Crippen LogP contribution in [0.15, 0.2) is 30.7 Å². The van der Waals surface area contributed by atoms with Crippen molar-refractivity contribution in [3.63, 3.8) is 0 Å². The number of aromatic amines is 1. The van der Waals surface area contributed by atoms with Crippen LogP contribution in [0, 0.1) is 12.8 Å². The minimum Gasteiger partial charge on any atom is -0.383 e. The highest BCUT2D eigenvalue weighted by Crippen LogP contribution is 2.36. The average molecular weight is 422 g/mol. The molecule has 7 heteroatoms. The SMILES string of the molecule is CC(=O)c1c(C2CCC(C)CC2)ncc(-c2cnc3cc(C)sc3c2)cn[nH]c1N. The number of nitrogens with zero attached hydrogens (tertiary/aromatic N) is 3. The fourth-order valence-corrected chi connectivity index (χ4v) is 5.08. The number of fused-ring (bicyclic) bond motifs is 1. The van der Waals surface area contributed by atoms with Gasteiger partial charge in [-0.25, -0.2) is 0 Å². The van der Waals surface area contributed by atoms with Crippen LogP contribution in [0.4, 0.5) is 5.82 Å². The molecule has 3 heterocycles. The van der Waals surface area contributed by atoms with Crippen molar-refractivity contribution in [3.8, 4) is 11.1 Å². The van der Waals surface area contributed by atoms with Gasteiger partial charge in [0, 0.05) is 34.3 Å². The number of Topliss-reactive ketones (excluding diaryl/α,β-unsaturated/α-hetero) is 1. The minimum atomic E-state index is -0.0958. The molecule has 0 aromatic carbocycles. The molecule has 1 aliphatic carbocycles. The summed E-state index contributed by atoms with van der Waals surface area (Å²) < 4.78 is 1.12. The Hall–Kier alpha value is -2.80. The number of nitrogens with one attached hydrogen (secondary N) is 1. The number of ketones is 1. The summed E-state index contributed by atoms with van der Waals surface area (Å²) in [5, 5.41) is 7.10. The number of hydrogen-bond acceptors (Lipinski definition) is 6.